The molecule has 0 unspecified atom stereocenters. The van der Waals surface area contributed by atoms with Crippen molar-refractivity contribution in [1.82, 2.24) is 0 Å². The van der Waals surface area contributed by atoms with E-state index < -0.39 is 18.2 Å². The third-order valence-electron chi connectivity index (χ3n) is 1.75. The first-order valence-electron chi connectivity index (χ1n) is 4.40. The third-order valence-corrected chi connectivity index (χ3v) is 1.75. The van der Waals surface area contributed by atoms with Crippen molar-refractivity contribution < 1.29 is 18.6 Å². The summed E-state index contributed by atoms with van der Waals surface area (Å²) in [7, 11) is 0. The van der Waals surface area contributed by atoms with Crippen LogP contribution in [-0.2, 0) is 6.61 Å². The van der Waals surface area contributed by atoms with Gasteiger partial charge >= 0.3 is 0 Å². The maximum absolute atomic E-state index is 13.1. The molecule has 0 bridgehead atoms. The Hall–Kier alpha value is -1.16. The summed E-state index contributed by atoms with van der Waals surface area (Å²) >= 11 is 0. The largest absolute Gasteiger partial charge is 0.493 e. The van der Waals surface area contributed by atoms with Crippen LogP contribution in [0.5, 0.6) is 5.75 Å². The molecule has 0 atom stereocenters. The van der Waals surface area contributed by atoms with Crippen molar-refractivity contribution in [3.8, 4) is 5.75 Å². The molecule has 1 N–H and O–H groups in total. The topological polar surface area (TPSA) is 29.5 Å². The second kappa shape index (κ2) is 4.91. The van der Waals surface area contributed by atoms with Gasteiger partial charge in [0.2, 0.25) is 0 Å². The summed E-state index contributed by atoms with van der Waals surface area (Å²) in [6, 6.07) is 2.15. The highest BCUT2D eigenvalue weighted by Gasteiger charge is 2.10. The SMILES string of the molecule is CCCOc1cc(F)c(CO)c(F)c1. The predicted molar refractivity (Wildman–Crippen MR) is 48.1 cm³/mol. The third kappa shape index (κ3) is 2.42. The van der Waals surface area contributed by atoms with E-state index in [1.807, 2.05) is 6.92 Å². The van der Waals surface area contributed by atoms with Crippen molar-refractivity contribution in [3.63, 3.8) is 0 Å². The monoisotopic (exact) mass is 202 g/mol. The van der Waals surface area contributed by atoms with Crippen molar-refractivity contribution in [2.45, 2.75) is 20.0 Å². The highest BCUT2D eigenvalue weighted by Crippen LogP contribution is 2.20. The van der Waals surface area contributed by atoms with Gasteiger partial charge in [0.05, 0.1) is 13.2 Å². The zero-order chi connectivity index (χ0) is 10.6. The molecule has 0 radical (unpaired) electrons. The Labute approximate surface area is 81.1 Å². The second-order valence-electron chi connectivity index (χ2n) is 2.87. The number of halogens is 2. The van der Waals surface area contributed by atoms with Gasteiger partial charge in [0.1, 0.15) is 17.4 Å². The fourth-order valence-corrected chi connectivity index (χ4v) is 1.03. The van der Waals surface area contributed by atoms with Gasteiger partial charge in [-0.1, -0.05) is 6.92 Å². The summed E-state index contributed by atoms with van der Waals surface area (Å²) in [6.45, 7) is 1.66. The molecule has 1 rings (SSSR count). The molecule has 0 saturated carbocycles. The Morgan fingerprint density at radius 1 is 1.29 bits per heavy atom. The zero-order valence-corrected chi connectivity index (χ0v) is 7.89. The summed E-state index contributed by atoms with van der Waals surface area (Å²) in [5, 5.41) is 8.65. The number of benzene rings is 1. The van der Waals surface area contributed by atoms with Gasteiger partial charge in [0, 0.05) is 17.7 Å². The Kier molecular flexibility index (Phi) is 3.83. The Balaban J connectivity index is 2.90. The van der Waals surface area contributed by atoms with Crippen LogP contribution >= 0.6 is 0 Å². The van der Waals surface area contributed by atoms with E-state index in [1.54, 1.807) is 0 Å². The quantitative estimate of drug-likeness (QED) is 0.811. The smallest absolute Gasteiger partial charge is 0.135 e. The molecule has 0 fully saturated rings. The molecule has 1 aromatic carbocycles. The van der Waals surface area contributed by atoms with E-state index in [-0.39, 0.29) is 11.3 Å². The lowest BCUT2D eigenvalue weighted by atomic mass is 10.2. The average molecular weight is 202 g/mol. The standard InChI is InChI=1S/C10H12F2O2/c1-2-3-14-7-4-9(11)8(6-13)10(12)5-7/h4-5,13H,2-3,6H2,1H3. The molecule has 0 heterocycles. The van der Waals surface area contributed by atoms with Gasteiger partial charge in [-0.05, 0) is 6.42 Å². The number of aliphatic hydroxyl groups is 1. The number of hydrogen-bond acceptors (Lipinski definition) is 2. The number of rotatable bonds is 4. The van der Waals surface area contributed by atoms with Gasteiger partial charge in [0.15, 0.2) is 0 Å². The maximum Gasteiger partial charge on any atom is 0.135 e. The van der Waals surface area contributed by atoms with Crippen LogP contribution in [0.1, 0.15) is 18.9 Å². The Morgan fingerprint density at radius 2 is 1.86 bits per heavy atom. The van der Waals surface area contributed by atoms with Gasteiger partial charge in [-0.2, -0.15) is 0 Å². The molecule has 0 aliphatic rings. The van der Waals surface area contributed by atoms with Crippen LogP contribution in [0.4, 0.5) is 8.78 Å². The molecular formula is C10H12F2O2. The van der Waals surface area contributed by atoms with Gasteiger partial charge in [-0.15, -0.1) is 0 Å². The van der Waals surface area contributed by atoms with Crippen LogP contribution < -0.4 is 4.74 Å². The summed E-state index contributed by atoms with van der Waals surface area (Å²) in [5.74, 6) is -1.41. The van der Waals surface area contributed by atoms with Crippen molar-refractivity contribution in [3.05, 3.63) is 29.3 Å². The zero-order valence-electron chi connectivity index (χ0n) is 7.89. The molecule has 0 saturated heterocycles. The van der Waals surface area contributed by atoms with E-state index in [1.165, 1.54) is 0 Å². The number of hydrogen-bond donors (Lipinski definition) is 1. The molecule has 0 aliphatic heterocycles. The first-order chi connectivity index (χ1) is 6.69. The molecular weight excluding hydrogens is 190 g/mol. The molecule has 78 valence electrons. The summed E-state index contributed by atoms with van der Waals surface area (Å²) in [4.78, 5) is 0. The van der Waals surface area contributed by atoms with Crippen molar-refractivity contribution >= 4 is 0 Å². The molecule has 0 amide bonds. The lowest BCUT2D eigenvalue weighted by Gasteiger charge is -2.07. The molecule has 0 aliphatic carbocycles. The first-order valence-corrected chi connectivity index (χ1v) is 4.40. The lowest BCUT2D eigenvalue weighted by Crippen LogP contribution is -2.00. The minimum atomic E-state index is -0.779. The molecule has 1 aromatic rings. The minimum absolute atomic E-state index is 0.152. The van der Waals surface area contributed by atoms with Gasteiger partial charge in [-0.25, -0.2) is 8.78 Å². The van der Waals surface area contributed by atoms with E-state index in [0.29, 0.717) is 6.61 Å². The van der Waals surface area contributed by atoms with Crippen molar-refractivity contribution in [2.24, 2.45) is 0 Å². The van der Waals surface area contributed by atoms with Crippen LogP contribution in [-0.4, -0.2) is 11.7 Å². The van der Waals surface area contributed by atoms with Gasteiger partial charge in [-0.3, -0.25) is 0 Å². The lowest BCUT2D eigenvalue weighted by molar-refractivity contribution is 0.266. The number of ether oxygens (including phenoxy) is 1. The molecule has 0 spiro atoms. The summed E-state index contributed by atoms with van der Waals surface area (Å²) in [5.41, 5.74) is -0.325. The second-order valence-corrected chi connectivity index (χ2v) is 2.87. The average Bonchev–Trinajstić information content (AvgIpc) is 2.14. The Morgan fingerprint density at radius 3 is 2.29 bits per heavy atom. The van der Waals surface area contributed by atoms with E-state index >= 15 is 0 Å². The molecule has 2 nitrogen and oxygen atoms in total. The van der Waals surface area contributed by atoms with E-state index in [4.69, 9.17) is 9.84 Å². The fourth-order valence-electron chi connectivity index (χ4n) is 1.03. The van der Waals surface area contributed by atoms with E-state index in [0.717, 1.165) is 18.6 Å². The first kappa shape index (κ1) is 10.9. The van der Waals surface area contributed by atoms with Crippen molar-refractivity contribution in [2.75, 3.05) is 6.61 Å². The van der Waals surface area contributed by atoms with Crippen LogP contribution in [0.25, 0.3) is 0 Å². The van der Waals surface area contributed by atoms with Crippen LogP contribution in [0.3, 0.4) is 0 Å². The minimum Gasteiger partial charge on any atom is -0.493 e. The molecule has 14 heavy (non-hydrogen) atoms. The molecule has 0 aromatic heterocycles. The number of aliphatic hydroxyl groups excluding tert-OH is 1. The highest BCUT2D eigenvalue weighted by atomic mass is 19.1. The maximum atomic E-state index is 13.1. The van der Waals surface area contributed by atoms with Gasteiger partial charge in [0.25, 0.3) is 0 Å². The molecule has 4 heteroatoms. The van der Waals surface area contributed by atoms with E-state index in [2.05, 4.69) is 0 Å². The predicted octanol–water partition coefficient (Wildman–Crippen LogP) is 2.25. The van der Waals surface area contributed by atoms with Crippen LogP contribution in [0.15, 0.2) is 12.1 Å². The normalized spacial score (nSPS) is 10.3. The fraction of sp³-hybridized carbons (Fsp3) is 0.400. The van der Waals surface area contributed by atoms with Crippen LogP contribution in [0.2, 0.25) is 0 Å². The van der Waals surface area contributed by atoms with Crippen molar-refractivity contribution in [1.29, 1.82) is 0 Å². The Bertz CT molecular complexity index is 290. The van der Waals surface area contributed by atoms with Crippen LogP contribution in [0, 0.1) is 11.6 Å². The summed E-state index contributed by atoms with van der Waals surface area (Å²) in [6.07, 6.45) is 0.769. The van der Waals surface area contributed by atoms with E-state index in [9.17, 15) is 8.78 Å². The summed E-state index contributed by atoms with van der Waals surface area (Å²) < 4.78 is 31.2. The van der Waals surface area contributed by atoms with Gasteiger partial charge < -0.3 is 9.84 Å². The highest BCUT2D eigenvalue weighted by molar-refractivity contribution is 5.30.